The van der Waals surface area contributed by atoms with E-state index < -0.39 is 20.8 Å². The Morgan fingerprint density at radius 1 is 1.12 bits per heavy atom. The summed E-state index contributed by atoms with van der Waals surface area (Å²) in [5.41, 5.74) is 0.195. The molecule has 0 aliphatic carbocycles. The lowest BCUT2D eigenvalue weighted by atomic mass is 10.2. The molecule has 7 nitrogen and oxygen atoms in total. The van der Waals surface area contributed by atoms with E-state index in [0.29, 0.717) is 0 Å². The van der Waals surface area contributed by atoms with Crippen molar-refractivity contribution in [3.8, 4) is 0 Å². The number of rotatable bonds is 5. The molecule has 0 amide bonds. The minimum atomic E-state index is -4.15. The van der Waals surface area contributed by atoms with Gasteiger partial charge < -0.3 is 4.90 Å². The summed E-state index contributed by atoms with van der Waals surface area (Å²) >= 11 is 0. The standard InChI is InChI=1S/C16H16FN3O4S/c17-15-7-6-12(19-8-1-2-9-19)11-16(15)18-25(23,24)14-5-3-4-13(10-14)20(21)22/h3-7,10-11,18H,1-2,8-9H2. The first-order chi connectivity index (χ1) is 11.9. The molecule has 0 radical (unpaired) electrons. The molecule has 1 saturated heterocycles. The molecule has 1 aliphatic rings. The first-order valence-corrected chi connectivity index (χ1v) is 9.17. The zero-order valence-electron chi connectivity index (χ0n) is 13.2. The molecular weight excluding hydrogens is 349 g/mol. The van der Waals surface area contributed by atoms with E-state index >= 15 is 0 Å². The fourth-order valence-electron chi connectivity index (χ4n) is 2.73. The van der Waals surface area contributed by atoms with Crippen LogP contribution in [0.25, 0.3) is 0 Å². The Labute approximate surface area is 144 Å². The van der Waals surface area contributed by atoms with Crippen LogP contribution >= 0.6 is 0 Å². The molecule has 0 aromatic heterocycles. The number of sulfonamides is 1. The monoisotopic (exact) mass is 365 g/mol. The highest BCUT2D eigenvalue weighted by Crippen LogP contribution is 2.28. The molecule has 132 valence electrons. The Morgan fingerprint density at radius 3 is 2.52 bits per heavy atom. The molecule has 0 spiro atoms. The largest absolute Gasteiger partial charge is 0.371 e. The maximum atomic E-state index is 14.1. The van der Waals surface area contributed by atoms with Crippen LogP contribution in [0.3, 0.4) is 0 Å². The Bertz CT molecular complexity index is 911. The molecule has 1 N–H and O–H groups in total. The van der Waals surface area contributed by atoms with Crippen LogP contribution in [0.15, 0.2) is 47.4 Å². The van der Waals surface area contributed by atoms with Gasteiger partial charge >= 0.3 is 0 Å². The van der Waals surface area contributed by atoms with Crippen LogP contribution in [0.5, 0.6) is 0 Å². The quantitative estimate of drug-likeness (QED) is 0.649. The van der Waals surface area contributed by atoms with E-state index in [2.05, 4.69) is 4.72 Å². The van der Waals surface area contributed by atoms with Crippen LogP contribution in [0.1, 0.15) is 12.8 Å². The third kappa shape index (κ3) is 3.71. The molecule has 0 atom stereocenters. The molecular formula is C16H16FN3O4S. The maximum absolute atomic E-state index is 14.1. The number of benzene rings is 2. The second-order valence-corrected chi connectivity index (χ2v) is 7.40. The highest BCUT2D eigenvalue weighted by molar-refractivity contribution is 7.92. The molecule has 0 bridgehead atoms. The minimum absolute atomic E-state index is 0.184. The van der Waals surface area contributed by atoms with Crippen LogP contribution in [0, 0.1) is 15.9 Å². The van der Waals surface area contributed by atoms with Crippen molar-refractivity contribution < 1.29 is 17.7 Å². The van der Waals surface area contributed by atoms with Crippen molar-refractivity contribution in [2.75, 3.05) is 22.7 Å². The number of nitrogens with one attached hydrogen (secondary N) is 1. The molecule has 2 aromatic carbocycles. The Morgan fingerprint density at radius 2 is 1.84 bits per heavy atom. The highest BCUT2D eigenvalue weighted by Gasteiger charge is 2.21. The van der Waals surface area contributed by atoms with Gasteiger partial charge in [-0.1, -0.05) is 6.07 Å². The van der Waals surface area contributed by atoms with Crippen LogP contribution < -0.4 is 9.62 Å². The van der Waals surface area contributed by atoms with Crippen LogP contribution in [0.2, 0.25) is 0 Å². The van der Waals surface area contributed by atoms with E-state index in [9.17, 15) is 22.9 Å². The number of halogens is 1. The normalized spacial score (nSPS) is 14.5. The second kappa shape index (κ2) is 6.67. The predicted octanol–water partition coefficient (Wildman–Crippen LogP) is 3.13. The lowest BCUT2D eigenvalue weighted by molar-refractivity contribution is -0.385. The molecule has 1 aliphatic heterocycles. The van der Waals surface area contributed by atoms with E-state index in [1.54, 1.807) is 6.07 Å². The van der Waals surface area contributed by atoms with Crippen molar-refractivity contribution in [2.24, 2.45) is 0 Å². The summed E-state index contributed by atoms with van der Waals surface area (Å²) in [6.45, 7) is 1.67. The Hall–Kier alpha value is -2.68. The van der Waals surface area contributed by atoms with Crippen LogP contribution in [-0.2, 0) is 10.0 Å². The van der Waals surface area contributed by atoms with Gasteiger partial charge in [-0.15, -0.1) is 0 Å². The van der Waals surface area contributed by atoms with E-state index in [4.69, 9.17) is 0 Å². The van der Waals surface area contributed by atoms with Crippen LogP contribution in [0.4, 0.5) is 21.5 Å². The van der Waals surface area contributed by atoms with Crippen molar-refractivity contribution in [2.45, 2.75) is 17.7 Å². The summed E-state index contributed by atoms with van der Waals surface area (Å²) in [6.07, 6.45) is 2.07. The fraction of sp³-hybridized carbons (Fsp3) is 0.250. The predicted molar refractivity (Wildman–Crippen MR) is 91.8 cm³/mol. The molecule has 9 heteroatoms. The number of nitro groups is 1. The third-order valence-corrected chi connectivity index (χ3v) is 5.37. The molecule has 0 saturated carbocycles. The maximum Gasteiger partial charge on any atom is 0.270 e. The van der Waals surface area contributed by atoms with Gasteiger partial charge in [-0.05, 0) is 37.1 Å². The summed E-state index contributed by atoms with van der Waals surface area (Å²) in [4.78, 5) is 11.9. The molecule has 1 heterocycles. The third-order valence-electron chi connectivity index (χ3n) is 4.00. The van der Waals surface area contributed by atoms with Gasteiger partial charge in [0.25, 0.3) is 15.7 Å². The van der Waals surface area contributed by atoms with Crippen molar-refractivity contribution in [3.63, 3.8) is 0 Å². The summed E-state index contributed by atoms with van der Waals surface area (Å²) in [7, 11) is -4.15. The van der Waals surface area contributed by atoms with Crippen LogP contribution in [-0.4, -0.2) is 26.4 Å². The number of anilines is 2. The lowest BCUT2D eigenvalue weighted by Crippen LogP contribution is -2.19. The SMILES string of the molecule is O=[N+]([O-])c1cccc(S(=O)(=O)Nc2cc(N3CCCC3)ccc2F)c1. The average Bonchev–Trinajstić information content (AvgIpc) is 3.11. The zero-order chi connectivity index (χ0) is 18.0. The van der Waals surface area contributed by atoms with Gasteiger partial charge in [0.2, 0.25) is 0 Å². The number of hydrogen-bond donors (Lipinski definition) is 1. The van der Waals surface area contributed by atoms with E-state index in [-0.39, 0.29) is 16.3 Å². The molecule has 2 aromatic rings. The van der Waals surface area contributed by atoms with Crippen molar-refractivity contribution in [3.05, 3.63) is 58.4 Å². The summed E-state index contributed by atoms with van der Waals surface area (Å²) in [5, 5.41) is 10.8. The molecule has 1 fully saturated rings. The van der Waals surface area contributed by atoms with Gasteiger partial charge in [-0.25, -0.2) is 12.8 Å². The summed E-state index contributed by atoms with van der Waals surface area (Å²) in [5.74, 6) is -0.711. The lowest BCUT2D eigenvalue weighted by Gasteiger charge is -2.19. The number of hydrogen-bond acceptors (Lipinski definition) is 5. The Balaban J connectivity index is 1.91. The number of nitrogens with zero attached hydrogens (tertiary/aromatic N) is 2. The number of non-ortho nitro benzene ring substituents is 1. The van der Waals surface area contributed by atoms with Gasteiger partial charge in [-0.3, -0.25) is 14.8 Å². The van der Waals surface area contributed by atoms with E-state index in [0.717, 1.165) is 37.7 Å². The fourth-order valence-corrected chi connectivity index (χ4v) is 3.83. The van der Waals surface area contributed by atoms with Crippen molar-refractivity contribution in [1.29, 1.82) is 0 Å². The smallest absolute Gasteiger partial charge is 0.270 e. The highest BCUT2D eigenvalue weighted by atomic mass is 32.2. The second-order valence-electron chi connectivity index (χ2n) is 5.72. The topological polar surface area (TPSA) is 92.5 Å². The van der Waals surface area contributed by atoms with E-state index in [1.807, 2.05) is 4.90 Å². The van der Waals surface area contributed by atoms with E-state index in [1.165, 1.54) is 30.3 Å². The first-order valence-electron chi connectivity index (χ1n) is 7.68. The first kappa shape index (κ1) is 17.2. The van der Waals surface area contributed by atoms with Gasteiger partial charge in [0.05, 0.1) is 15.5 Å². The van der Waals surface area contributed by atoms with Gasteiger partial charge in [0, 0.05) is 30.9 Å². The molecule has 3 rings (SSSR count). The molecule has 0 unspecified atom stereocenters. The van der Waals surface area contributed by atoms with Gasteiger partial charge in [0.1, 0.15) is 5.82 Å². The van der Waals surface area contributed by atoms with Gasteiger partial charge in [0.15, 0.2) is 0 Å². The average molecular weight is 365 g/mol. The van der Waals surface area contributed by atoms with Crippen molar-refractivity contribution >= 4 is 27.1 Å². The van der Waals surface area contributed by atoms with Gasteiger partial charge in [-0.2, -0.15) is 0 Å². The Kier molecular flexibility index (Phi) is 4.58. The summed E-state index contributed by atoms with van der Waals surface area (Å²) in [6, 6.07) is 8.86. The zero-order valence-corrected chi connectivity index (χ0v) is 14.0. The van der Waals surface area contributed by atoms with Crippen molar-refractivity contribution in [1.82, 2.24) is 0 Å². The summed E-state index contributed by atoms with van der Waals surface area (Å²) < 4.78 is 41.1. The number of nitro benzene ring substituents is 1. The minimum Gasteiger partial charge on any atom is -0.371 e. The molecule has 25 heavy (non-hydrogen) atoms.